The topological polar surface area (TPSA) is 75.6 Å². The van der Waals surface area contributed by atoms with Crippen molar-refractivity contribution < 1.29 is 28.2 Å². The number of alkyl halides is 2. The third-order valence-corrected chi connectivity index (χ3v) is 4.75. The Morgan fingerprint density at radius 1 is 1.31 bits per heavy atom. The van der Waals surface area contributed by atoms with Crippen LogP contribution < -0.4 is 5.32 Å². The van der Waals surface area contributed by atoms with Crippen molar-refractivity contribution >= 4 is 11.9 Å². The van der Waals surface area contributed by atoms with E-state index in [2.05, 4.69) is 10.1 Å². The molecule has 5 nitrogen and oxygen atoms in total. The quantitative estimate of drug-likeness (QED) is 0.689. The number of carbonyl (C=O) groups is 2. The first-order valence-corrected chi connectivity index (χ1v) is 8.92. The molecule has 2 N–H and O–H groups in total. The fourth-order valence-corrected chi connectivity index (χ4v) is 3.42. The monoisotopic (exact) mass is 369 g/mol. The van der Waals surface area contributed by atoms with E-state index in [1.807, 2.05) is 30.3 Å². The lowest BCUT2D eigenvalue weighted by Crippen LogP contribution is -2.49. The van der Waals surface area contributed by atoms with Crippen molar-refractivity contribution in [3.8, 4) is 0 Å². The SMILES string of the molecule is CCOC(=O)C(F)(F)C1CCCC(N[C@H](Cc2ccccc2)C(=O)O)C1. The van der Waals surface area contributed by atoms with E-state index in [0.717, 1.165) is 5.56 Å². The highest BCUT2D eigenvalue weighted by atomic mass is 19.3. The zero-order chi connectivity index (χ0) is 19.2. The predicted octanol–water partition coefficient (Wildman–Crippen LogP) is 3.03. The van der Waals surface area contributed by atoms with Gasteiger partial charge in [0, 0.05) is 12.0 Å². The maximum absolute atomic E-state index is 14.3. The molecule has 1 aromatic carbocycles. The Kier molecular flexibility index (Phi) is 7.08. The highest BCUT2D eigenvalue weighted by Crippen LogP contribution is 2.37. The van der Waals surface area contributed by atoms with Crippen LogP contribution in [0.25, 0.3) is 0 Å². The molecule has 144 valence electrons. The van der Waals surface area contributed by atoms with E-state index in [1.165, 1.54) is 6.92 Å². The Bertz CT molecular complexity index is 609. The van der Waals surface area contributed by atoms with Gasteiger partial charge >= 0.3 is 17.9 Å². The van der Waals surface area contributed by atoms with Crippen molar-refractivity contribution in [1.82, 2.24) is 5.32 Å². The Hall–Kier alpha value is -2.02. The van der Waals surface area contributed by atoms with Crippen LogP contribution in [0.3, 0.4) is 0 Å². The molecule has 0 heterocycles. The molecule has 1 aliphatic rings. The highest BCUT2D eigenvalue weighted by Gasteiger charge is 2.50. The van der Waals surface area contributed by atoms with Gasteiger partial charge in [0.15, 0.2) is 0 Å². The first kappa shape index (κ1) is 20.3. The van der Waals surface area contributed by atoms with Gasteiger partial charge in [-0.2, -0.15) is 8.78 Å². The van der Waals surface area contributed by atoms with Crippen LogP contribution in [0, 0.1) is 5.92 Å². The molecule has 2 rings (SSSR count). The van der Waals surface area contributed by atoms with Gasteiger partial charge < -0.3 is 15.2 Å². The molecule has 0 aliphatic heterocycles. The molecule has 1 aromatic rings. The van der Waals surface area contributed by atoms with Gasteiger partial charge in [0.05, 0.1) is 6.61 Å². The summed E-state index contributed by atoms with van der Waals surface area (Å²) in [7, 11) is 0. The maximum atomic E-state index is 14.3. The number of hydrogen-bond acceptors (Lipinski definition) is 4. The van der Waals surface area contributed by atoms with Gasteiger partial charge in [-0.3, -0.25) is 4.79 Å². The second-order valence-corrected chi connectivity index (χ2v) is 6.65. The third-order valence-electron chi connectivity index (χ3n) is 4.75. The Balaban J connectivity index is 2.01. The summed E-state index contributed by atoms with van der Waals surface area (Å²) in [5, 5.41) is 12.5. The second kappa shape index (κ2) is 9.07. The molecule has 1 fully saturated rings. The third kappa shape index (κ3) is 5.24. The molecule has 1 aliphatic carbocycles. The van der Waals surface area contributed by atoms with Crippen LogP contribution in [0.5, 0.6) is 0 Å². The fourth-order valence-electron chi connectivity index (χ4n) is 3.42. The number of rotatable bonds is 8. The number of carbonyl (C=O) groups excluding carboxylic acids is 1. The summed E-state index contributed by atoms with van der Waals surface area (Å²) < 4.78 is 33.1. The van der Waals surface area contributed by atoms with Crippen LogP contribution in [0.15, 0.2) is 30.3 Å². The Morgan fingerprint density at radius 2 is 2.00 bits per heavy atom. The smallest absolute Gasteiger partial charge is 0.377 e. The zero-order valence-electron chi connectivity index (χ0n) is 14.8. The van der Waals surface area contributed by atoms with Crippen LogP contribution in [0.1, 0.15) is 38.2 Å². The van der Waals surface area contributed by atoms with Crippen molar-refractivity contribution in [3.63, 3.8) is 0 Å². The summed E-state index contributed by atoms with van der Waals surface area (Å²) in [6.45, 7) is 1.39. The molecular weight excluding hydrogens is 344 g/mol. The first-order valence-electron chi connectivity index (χ1n) is 8.92. The number of hydrogen-bond donors (Lipinski definition) is 2. The maximum Gasteiger partial charge on any atom is 0.377 e. The molecule has 0 spiro atoms. The van der Waals surface area contributed by atoms with Gasteiger partial charge in [-0.15, -0.1) is 0 Å². The van der Waals surface area contributed by atoms with E-state index in [0.29, 0.717) is 12.8 Å². The molecule has 0 saturated heterocycles. The minimum absolute atomic E-state index is 0.0460. The molecule has 3 atom stereocenters. The molecule has 0 radical (unpaired) electrons. The normalized spacial score (nSPS) is 21.8. The molecular formula is C19H25F2NO4. The number of ether oxygens (including phenoxy) is 1. The molecule has 0 bridgehead atoms. The van der Waals surface area contributed by atoms with Crippen LogP contribution in [-0.4, -0.2) is 41.7 Å². The average molecular weight is 369 g/mol. The molecule has 1 saturated carbocycles. The lowest BCUT2D eigenvalue weighted by atomic mass is 9.81. The number of aliphatic carboxylic acids is 1. The fraction of sp³-hybridized carbons (Fsp3) is 0.579. The highest BCUT2D eigenvalue weighted by molar-refractivity contribution is 5.78. The van der Waals surface area contributed by atoms with Crippen LogP contribution >= 0.6 is 0 Å². The van der Waals surface area contributed by atoms with Gasteiger partial charge in [0.25, 0.3) is 0 Å². The largest absolute Gasteiger partial charge is 0.480 e. The summed E-state index contributed by atoms with van der Waals surface area (Å²) in [6, 6.07) is 7.91. The molecule has 7 heteroatoms. The molecule has 26 heavy (non-hydrogen) atoms. The number of carboxylic acids is 1. The van der Waals surface area contributed by atoms with Crippen LogP contribution in [0.4, 0.5) is 8.78 Å². The minimum Gasteiger partial charge on any atom is -0.480 e. The van der Waals surface area contributed by atoms with Crippen molar-refractivity contribution in [2.75, 3.05) is 6.61 Å². The van der Waals surface area contributed by atoms with Crippen LogP contribution in [0.2, 0.25) is 0 Å². The summed E-state index contributed by atoms with van der Waals surface area (Å²) in [5.74, 6) is -7.20. The van der Waals surface area contributed by atoms with E-state index in [1.54, 1.807) is 0 Å². The van der Waals surface area contributed by atoms with Crippen molar-refractivity contribution in [3.05, 3.63) is 35.9 Å². The molecule has 0 amide bonds. The summed E-state index contributed by atoms with van der Waals surface area (Å²) in [4.78, 5) is 23.1. The van der Waals surface area contributed by atoms with Gasteiger partial charge in [-0.25, -0.2) is 4.79 Å². The van der Waals surface area contributed by atoms with Crippen LogP contribution in [-0.2, 0) is 20.7 Å². The van der Waals surface area contributed by atoms with Gasteiger partial charge in [0.2, 0.25) is 0 Å². The number of carboxylic acid groups (broad SMARTS) is 1. The van der Waals surface area contributed by atoms with Crippen molar-refractivity contribution in [2.45, 2.75) is 57.0 Å². The predicted molar refractivity (Wildman–Crippen MR) is 92.0 cm³/mol. The second-order valence-electron chi connectivity index (χ2n) is 6.65. The zero-order valence-corrected chi connectivity index (χ0v) is 14.8. The number of benzene rings is 1. The van der Waals surface area contributed by atoms with Gasteiger partial charge in [-0.1, -0.05) is 36.8 Å². The van der Waals surface area contributed by atoms with Gasteiger partial charge in [0.1, 0.15) is 6.04 Å². The number of nitrogens with one attached hydrogen (secondary N) is 1. The lowest BCUT2D eigenvalue weighted by molar-refractivity contribution is -0.182. The summed E-state index contributed by atoms with van der Waals surface area (Å²) in [6.07, 6.45) is 1.65. The van der Waals surface area contributed by atoms with E-state index < -0.39 is 29.8 Å². The van der Waals surface area contributed by atoms with E-state index >= 15 is 0 Å². The average Bonchev–Trinajstić information content (AvgIpc) is 2.62. The van der Waals surface area contributed by atoms with Crippen molar-refractivity contribution in [2.24, 2.45) is 5.92 Å². The summed E-state index contributed by atoms with van der Waals surface area (Å²) >= 11 is 0. The Labute approximate surface area is 151 Å². The van der Waals surface area contributed by atoms with E-state index in [-0.39, 0.29) is 31.9 Å². The number of esters is 1. The van der Waals surface area contributed by atoms with E-state index in [4.69, 9.17) is 0 Å². The minimum atomic E-state index is -3.55. The van der Waals surface area contributed by atoms with Gasteiger partial charge in [-0.05, 0) is 38.2 Å². The van der Waals surface area contributed by atoms with Crippen molar-refractivity contribution in [1.29, 1.82) is 0 Å². The Morgan fingerprint density at radius 3 is 2.62 bits per heavy atom. The molecule has 0 aromatic heterocycles. The summed E-state index contributed by atoms with van der Waals surface area (Å²) in [5.41, 5.74) is 0.858. The molecule has 2 unspecified atom stereocenters. The number of halogens is 2. The standard InChI is InChI=1S/C19H25F2NO4/c1-2-26-18(25)19(20,21)14-9-6-10-15(12-14)22-16(17(23)24)11-13-7-4-3-5-8-13/h3-5,7-8,14-16,22H,2,6,9-12H2,1H3,(H,23,24)/t14?,15?,16-/m1/s1. The van der Waals surface area contributed by atoms with E-state index in [9.17, 15) is 23.5 Å². The lowest BCUT2D eigenvalue weighted by Gasteiger charge is -2.34. The first-order chi connectivity index (χ1) is 12.3.